The first kappa shape index (κ1) is 18.9. The standard InChI is InChI=1S/C16H22N4O4S/c1-16(2,3)24-15(21)18-8-5-4-7-17-13-12(20(22)23)10-19-11-6-9-25-14(11)13/h6,9-10H,4-5,7-8H2,1-3H3,(H,17,19)(H,18,21). The maximum Gasteiger partial charge on any atom is 0.407 e. The summed E-state index contributed by atoms with van der Waals surface area (Å²) in [5.41, 5.74) is 0.703. The van der Waals surface area contributed by atoms with Gasteiger partial charge in [0.25, 0.3) is 0 Å². The van der Waals surface area contributed by atoms with Crippen LogP contribution in [0.2, 0.25) is 0 Å². The van der Waals surface area contributed by atoms with E-state index in [2.05, 4.69) is 15.6 Å². The molecule has 0 aliphatic carbocycles. The molecule has 0 atom stereocenters. The number of hydrogen-bond donors (Lipinski definition) is 2. The molecule has 0 aromatic carbocycles. The summed E-state index contributed by atoms with van der Waals surface area (Å²) < 4.78 is 5.93. The Morgan fingerprint density at radius 2 is 2.08 bits per heavy atom. The minimum Gasteiger partial charge on any atom is -0.444 e. The molecule has 0 aliphatic rings. The van der Waals surface area contributed by atoms with Crippen molar-refractivity contribution in [3.05, 3.63) is 27.8 Å². The summed E-state index contributed by atoms with van der Waals surface area (Å²) in [6.07, 6.45) is 2.33. The number of pyridine rings is 1. The summed E-state index contributed by atoms with van der Waals surface area (Å²) in [5, 5.41) is 18.9. The Hall–Kier alpha value is -2.42. The quantitative estimate of drug-likeness (QED) is 0.437. The monoisotopic (exact) mass is 366 g/mol. The summed E-state index contributed by atoms with van der Waals surface area (Å²) in [5.74, 6) is 0. The van der Waals surface area contributed by atoms with E-state index in [4.69, 9.17) is 4.74 Å². The van der Waals surface area contributed by atoms with Crippen LogP contribution < -0.4 is 10.6 Å². The van der Waals surface area contributed by atoms with Crippen LogP contribution in [-0.4, -0.2) is 34.7 Å². The van der Waals surface area contributed by atoms with Crippen molar-refractivity contribution in [2.75, 3.05) is 18.4 Å². The van der Waals surface area contributed by atoms with Crippen LogP contribution in [0.4, 0.5) is 16.2 Å². The van der Waals surface area contributed by atoms with Crippen molar-refractivity contribution in [1.82, 2.24) is 10.3 Å². The lowest BCUT2D eigenvalue weighted by Crippen LogP contribution is -2.33. The van der Waals surface area contributed by atoms with E-state index < -0.39 is 16.6 Å². The Morgan fingerprint density at radius 1 is 1.36 bits per heavy atom. The molecule has 136 valence electrons. The van der Waals surface area contributed by atoms with Crippen molar-refractivity contribution in [2.24, 2.45) is 0 Å². The molecule has 2 N–H and O–H groups in total. The average Bonchev–Trinajstić information content (AvgIpc) is 2.97. The third kappa shape index (κ3) is 5.56. The highest BCUT2D eigenvalue weighted by atomic mass is 32.1. The van der Waals surface area contributed by atoms with Gasteiger partial charge in [-0.3, -0.25) is 10.1 Å². The highest BCUT2D eigenvalue weighted by Gasteiger charge is 2.18. The molecule has 2 aromatic heterocycles. The number of hydrogen-bond acceptors (Lipinski definition) is 7. The Morgan fingerprint density at radius 3 is 2.76 bits per heavy atom. The first-order chi connectivity index (χ1) is 11.8. The molecule has 0 aliphatic heterocycles. The second-order valence-corrected chi connectivity index (χ2v) is 7.39. The van der Waals surface area contributed by atoms with Gasteiger partial charge in [0.1, 0.15) is 17.5 Å². The van der Waals surface area contributed by atoms with Crippen LogP contribution in [0.15, 0.2) is 17.6 Å². The van der Waals surface area contributed by atoms with E-state index in [1.165, 1.54) is 17.5 Å². The molecule has 0 fully saturated rings. The van der Waals surface area contributed by atoms with Crippen LogP contribution in [0.25, 0.3) is 10.2 Å². The number of rotatable bonds is 7. The van der Waals surface area contributed by atoms with Gasteiger partial charge in [-0.25, -0.2) is 9.78 Å². The number of nitrogens with one attached hydrogen (secondary N) is 2. The molecule has 2 heterocycles. The number of thiophene rings is 1. The zero-order valence-electron chi connectivity index (χ0n) is 14.5. The Labute approximate surface area is 149 Å². The van der Waals surface area contributed by atoms with E-state index in [1.807, 2.05) is 32.2 Å². The van der Waals surface area contributed by atoms with Gasteiger partial charge < -0.3 is 15.4 Å². The number of nitrogens with zero attached hydrogens (tertiary/aromatic N) is 2. The summed E-state index contributed by atoms with van der Waals surface area (Å²) in [6.45, 7) is 6.48. The number of unbranched alkanes of at least 4 members (excludes halogenated alkanes) is 1. The van der Waals surface area contributed by atoms with Crippen molar-refractivity contribution in [3.63, 3.8) is 0 Å². The second kappa shape index (κ2) is 8.11. The minimum absolute atomic E-state index is 0.0261. The summed E-state index contributed by atoms with van der Waals surface area (Å²) in [6, 6.07) is 1.83. The molecule has 0 bridgehead atoms. The highest BCUT2D eigenvalue weighted by molar-refractivity contribution is 7.17. The normalized spacial score (nSPS) is 11.3. The Balaban J connectivity index is 1.81. The maximum atomic E-state index is 11.5. The average molecular weight is 366 g/mol. The van der Waals surface area contributed by atoms with E-state index in [0.29, 0.717) is 18.8 Å². The van der Waals surface area contributed by atoms with E-state index in [0.717, 1.165) is 23.1 Å². The molecule has 0 saturated carbocycles. The number of amides is 1. The topological polar surface area (TPSA) is 106 Å². The number of ether oxygens (including phenoxy) is 1. The fourth-order valence-electron chi connectivity index (χ4n) is 2.18. The number of carbonyl (C=O) groups excluding carboxylic acids is 1. The number of aromatic nitrogens is 1. The van der Waals surface area contributed by atoms with E-state index in [-0.39, 0.29) is 5.69 Å². The van der Waals surface area contributed by atoms with Crippen molar-refractivity contribution >= 4 is 39.0 Å². The summed E-state index contributed by atoms with van der Waals surface area (Å²) in [7, 11) is 0. The molecular formula is C16H22N4O4S. The fourth-order valence-corrected chi connectivity index (χ4v) is 3.05. The highest BCUT2D eigenvalue weighted by Crippen LogP contribution is 2.34. The third-order valence-corrected chi connectivity index (χ3v) is 4.14. The van der Waals surface area contributed by atoms with Crippen LogP contribution in [0.3, 0.4) is 0 Å². The lowest BCUT2D eigenvalue weighted by Gasteiger charge is -2.19. The first-order valence-electron chi connectivity index (χ1n) is 7.99. The van der Waals surface area contributed by atoms with Gasteiger partial charge in [-0.15, -0.1) is 11.3 Å². The van der Waals surface area contributed by atoms with Crippen molar-refractivity contribution in [2.45, 2.75) is 39.2 Å². The van der Waals surface area contributed by atoms with Crippen LogP contribution in [-0.2, 0) is 4.74 Å². The van der Waals surface area contributed by atoms with Gasteiger partial charge in [-0.1, -0.05) is 0 Å². The predicted octanol–water partition coefficient (Wildman–Crippen LogP) is 3.92. The molecule has 8 nitrogen and oxygen atoms in total. The molecule has 2 rings (SSSR count). The second-order valence-electron chi connectivity index (χ2n) is 6.47. The number of fused-ring (bicyclic) bond motifs is 1. The Bertz CT molecular complexity index is 754. The molecule has 1 amide bonds. The van der Waals surface area contributed by atoms with Gasteiger partial charge in [-0.05, 0) is 45.1 Å². The van der Waals surface area contributed by atoms with E-state index in [9.17, 15) is 14.9 Å². The molecule has 0 unspecified atom stereocenters. The summed E-state index contributed by atoms with van der Waals surface area (Å²) >= 11 is 1.42. The van der Waals surface area contributed by atoms with Gasteiger partial charge in [-0.2, -0.15) is 0 Å². The van der Waals surface area contributed by atoms with Gasteiger partial charge >= 0.3 is 11.8 Å². The van der Waals surface area contributed by atoms with E-state index >= 15 is 0 Å². The van der Waals surface area contributed by atoms with Gasteiger partial charge in [0.2, 0.25) is 0 Å². The zero-order chi connectivity index (χ0) is 18.4. The number of nitro groups is 1. The molecular weight excluding hydrogens is 344 g/mol. The zero-order valence-corrected chi connectivity index (χ0v) is 15.3. The van der Waals surface area contributed by atoms with E-state index in [1.54, 1.807) is 0 Å². The number of anilines is 1. The van der Waals surface area contributed by atoms with Crippen LogP contribution in [0.1, 0.15) is 33.6 Å². The predicted molar refractivity (Wildman–Crippen MR) is 98.2 cm³/mol. The molecule has 0 radical (unpaired) electrons. The molecule has 25 heavy (non-hydrogen) atoms. The molecule has 9 heteroatoms. The van der Waals surface area contributed by atoms with Crippen LogP contribution >= 0.6 is 11.3 Å². The molecule has 0 spiro atoms. The lowest BCUT2D eigenvalue weighted by atomic mass is 10.2. The van der Waals surface area contributed by atoms with Crippen LogP contribution in [0.5, 0.6) is 0 Å². The van der Waals surface area contributed by atoms with Gasteiger partial charge in [0, 0.05) is 13.1 Å². The number of carbonyl (C=O) groups is 1. The lowest BCUT2D eigenvalue weighted by molar-refractivity contribution is -0.384. The smallest absolute Gasteiger partial charge is 0.407 e. The van der Waals surface area contributed by atoms with Crippen molar-refractivity contribution in [3.8, 4) is 0 Å². The van der Waals surface area contributed by atoms with Crippen LogP contribution in [0, 0.1) is 10.1 Å². The largest absolute Gasteiger partial charge is 0.444 e. The fraction of sp³-hybridized carbons (Fsp3) is 0.500. The first-order valence-corrected chi connectivity index (χ1v) is 8.87. The SMILES string of the molecule is CC(C)(C)OC(=O)NCCCCNc1c([N+](=O)[O-])cnc2ccsc12. The number of alkyl carbamates (subject to hydrolysis) is 1. The molecule has 2 aromatic rings. The van der Waals surface area contributed by atoms with Gasteiger partial charge in [0.15, 0.2) is 0 Å². The minimum atomic E-state index is -0.516. The maximum absolute atomic E-state index is 11.5. The molecule has 0 saturated heterocycles. The summed E-state index contributed by atoms with van der Waals surface area (Å²) in [4.78, 5) is 26.4. The van der Waals surface area contributed by atoms with Crippen molar-refractivity contribution in [1.29, 1.82) is 0 Å². The Kier molecular flexibility index (Phi) is 6.13. The van der Waals surface area contributed by atoms with Gasteiger partial charge in [0.05, 0.1) is 15.1 Å². The third-order valence-electron chi connectivity index (χ3n) is 3.22. The van der Waals surface area contributed by atoms with Crippen molar-refractivity contribution < 1.29 is 14.5 Å².